The number of aryl methyl sites for hydroxylation is 1. The number of hydrogen-bond donors (Lipinski definition) is 1. The van der Waals surface area contributed by atoms with Crippen LogP contribution in [0, 0.1) is 0 Å². The standard InChI is InChI=1S/C8H7NO2S/c10-3-5-1-2-6-8(7(5)11)12-4-9-6/h3-4,10H,1-2H2/b5-3-. The third-order valence-electron chi connectivity index (χ3n) is 1.93. The van der Waals surface area contributed by atoms with E-state index in [1.807, 2.05) is 0 Å². The van der Waals surface area contributed by atoms with Gasteiger partial charge in [0.1, 0.15) is 0 Å². The van der Waals surface area contributed by atoms with Crippen molar-refractivity contribution in [3.8, 4) is 0 Å². The molecule has 0 unspecified atom stereocenters. The lowest BCUT2D eigenvalue weighted by Gasteiger charge is -2.10. The average Bonchev–Trinajstić information content (AvgIpc) is 2.53. The van der Waals surface area contributed by atoms with Gasteiger partial charge < -0.3 is 5.11 Å². The molecule has 0 amide bonds. The molecule has 0 spiro atoms. The van der Waals surface area contributed by atoms with Crippen molar-refractivity contribution in [2.24, 2.45) is 0 Å². The summed E-state index contributed by atoms with van der Waals surface area (Å²) >= 11 is 1.34. The Morgan fingerprint density at radius 1 is 1.58 bits per heavy atom. The zero-order valence-electron chi connectivity index (χ0n) is 6.28. The van der Waals surface area contributed by atoms with Crippen LogP contribution in [-0.2, 0) is 6.42 Å². The third-order valence-corrected chi connectivity index (χ3v) is 2.79. The maximum absolute atomic E-state index is 11.5. The van der Waals surface area contributed by atoms with E-state index in [-0.39, 0.29) is 5.78 Å². The number of Topliss-reactive ketones (excluding diaryl/α,β-unsaturated/α-hetero) is 1. The van der Waals surface area contributed by atoms with Crippen LogP contribution >= 0.6 is 11.3 Å². The first-order chi connectivity index (χ1) is 5.83. The van der Waals surface area contributed by atoms with E-state index >= 15 is 0 Å². The number of rotatable bonds is 0. The van der Waals surface area contributed by atoms with Crippen LogP contribution in [0.4, 0.5) is 0 Å². The molecule has 1 heterocycles. The van der Waals surface area contributed by atoms with E-state index in [0.717, 1.165) is 18.4 Å². The van der Waals surface area contributed by atoms with Crippen LogP contribution in [0.5, 0.6) is 0 Å². The molecule has 0 bridgehead atoms. The molecule has 1 aromatic rings. The van der Waals surface area contributed by atoms with Crippen LogP contribution in [0.1, 0.15) is 21.8 Å². The monoisotopic (exact) mass is 181 g/mol. The van der Waals surface area contributed by atoms with Crippen LogP contribution < -0.4 is 0 Å². The molecule has 0 atom stereocenters. The normalized spacial score (nSPS) is 19.7. The summed E-state index contributed by atoms with van der Waals surface area (Å²) in [4.78, 5) is 16.2. The van der Waals surface area contributed by atoms with Crippen LogP contribution in [-0.4, -0.2) is 15.9 Å². The van der Waals surface area contributed by atoms with Gasteiger partial charge in [-0.15, -0.1) is 11.3 Å². The van der Waals surface area contributed by atoms with Crippen molar-refractivity contribution in [2.45, 2.75) is 12.8 Å². The number of ketones is 1. The van der Waals surface area contributed by atoms with Crippen molar-refractivity contribution in [3.05, 3.63) is 27.9 Å². The van der Waals surface area contributed by atoms with Gasteiger partial charge in [-0.05, 0) is 12.8 Å². The molecule has 62 valence electrons. The SMILES string of the molecule is O=C1/C(=C\O)CCc2ncsc21. The zero-order valence-corrected chi connectivity index (χ0v) is 7.10. The Balaban J connectivity index is 2.49. The number of hydrogen-bond acceptors (Lipinski definition) is 4. The molecule has 0 aromatic carbocycles. The quantitative estimate of drug-likeness (QED) is 0.489. The molecule has 4 heteroatoms. The molecule has 0 saturated heterocycles. The Morgan fingerprint density at radius 2 is 2.42 bits per heavy atom. The zero-order chi connectivity index (χ0) is 8.55. The van der Waals surface area contributed by atoms with Crippen molar-refractivity contribution in [1.82, 2.24) is 4.98 Å². The van der Waals surface area contributed by atoms with Crippen molar-refractivity contribution in [2.75, 3.05) is 0 Å². The average molecular weight is 181 g/mol. The van der Waals surface area contributed by atoms with E-state index in [1.54, 1.807) is 5.51 Å². The number of thiazole rings is 1. The second-order valence-electron chi connectivity index (χ2n) is 2.61. The van der Waals surface area contributed by atoms with E-state index < -0.39 is 0 Å². The Bertz CT molecular complexity index is 354. The van der Waals surface area contributed by atoms with Crippen LogP contribution in [0.2, 0.25) is 0 Å². The highest BCUT2D eigenvalue weighted by Crippen LogP contribution is 2.26. The second kappa shape index (κ2) is 2.71. The first kappa shape index (κ1) is 7.49. The van der Waals surface area contributed by atoms with Gasteiger partial charge in [-0.2, -0.15) is 0 Å². The highest BCUT2D eigenvalue weighted by Gasteiger charge is 2.24. The number of carbonyl (C=O) groups excluding carboxylic acids is 1. The predicted molar refractivity (Wildman–Crippen MR) is 45.5 cm³/mol. The van der Waals surface area contributed by atoms with Gasteiger partial charge >= 0.3 is 0 Å². The third kappa shape index (κ3) is 0.956. The second-order valence-corrected chi connectivity index (χ2v) is 3.47. The molecule has 12 heavy (non-hydrogen) atoms. The molecule has 1 N–H and O–H groups in total. The number of fused-ring (bicyclic) bond motifs is 1. The van der Waals surface area contributed by atoms with Gasteiger partial charge in [-0.25, -0.2) is 4.98 Å². The summed E-state index contributed by atoms with van der Waals surface area (Å²) in [6, 6.07) is 0. The molecular formula is C8H7NO2S. The van der Waals surface area contributed by atoms with Gasteiger partial charge in [-0.1, -0.05) is 0 Å². The van der Waals surface area contributed by atoms with Crippen molar-refractivity contribution >= 4 is 17.1 Å². The number of aliphatic hydroxyl groups is 1. The Labute approximate surface area is 73.4 Å². The van der Waals surface area contributed by atoms with E-state index in [1.165, 1.54) is 11.3 Å². The molecule has 3 nitrogen and oxygen atoms in total. The summed E-state index contributed by atoms with van der Waals surface area (Å²) in [5.41, 5.74) is 3.03. The molecule has 0 radical (unpaired) electrons. The lowest BCUT2D eigenvalue weighted by atomic mass is 9.97. The predicted octanol–water partition coefficient (Wildman–Crippen LogP) is 1.71. The minimum Gasteiger partial charge on any atom is -0.515 e. The first-order valence-corrected chi connectivity index (χ1v) is 4.51. The van der Waals surface area contributed by atoms with Crippen molar-refractivity contribution < 1.29 is 9.90 Å². The summed E-state index contributed by atoms with van der Waals surface area (Å²) in [7, 11) is 0. The highest BCUT2D eigenvalue weighted by molar-refractivity contribution is 7.12. The minimum absolute atomic E-state index is 0.0683. The van der Waals surface area contributed by atoms with Gasteiger partial charge in [0, 0.05) is 5.57 Å². The molecule has 2 rings (SSSR count). The summed E-state index contributed by atoms with van der Waals surface area (Å²) in [5, 5.41) is 8.73. The molecular weight excluding hydrogens is 174 g/mol. The van der Waals surface area contributed by atoms with Gasteiger partial charge in [0.2, 0.25) is 5.78 Å². The summed E-state index contributed by atoms with van der Waals surface area (Å²) in [6.45, 7) is 0. The van der Waals surface area contributed by atoms with Crippen molar-refractivity contribution in [1.29, 1.82) is 0 Å². The lowest BCUT2D eigenvalue weighted by Crippen LogP contribution is -2.11. The Morgan fingerprint density at radius 3 is 3.17 bits per heavy atom. The summed E-state index contributed by atoms with van der Waals surface area (Å²) in [5.74, 6) is -0.0683. The smallest absolute Gasteiger partial charge is 0.203 e. The lowest BCUT2D eigenvalue weighted by molar-refractivity contribution is 0.102. The highest BCUT2D eigenvalue weighted by atomic mass is 32.1. The molecule has 0 fully saturated rings. The summed E-state index contributed by atoms with van der Waals surface area (Å²) in [6.07, 6.45) is 2.27. The largest absolute Gasteiger partial charge is 0.515 e. The van der Waals surface area contributed by atoms with Gasteiger partial charge in [-0.3, -0.25) is 4.79 Å². The van der Waals surface area contributed by atoms with Gasteiger partial charge in [0.05, 0.1) is 22.3 Å². The fourth-order valence-corrected chi connectivity index (χ4v) is 2.08. The molecule has 1 aliphatic rings. The maximum Gasteiger partial charge on any atom is 0.203 e. The first-order valence-electron chi connectivity index (χ1n) is 3.63. The fourth-order valence-electron chi connectivity index (χ4n) is 1.27. The topological polar surface area (TPSA) is 50.2 Å². The van der Waals surface area contributed by atoms with E-state index in [2.05, 4.69) is 4.98 Å². The number of allylic oxidation sites excluding steroid dienone is 1. The van der Waals surface area contributed by atoms with Crippen LogP contribution in [0.15, 0.2) is 17.3 Å². The number of aliphatic hydroxyl groups excluding tert-OH is 1. The molecule has 0 saturated carbocycles. The summed E-state index contributed by atoms with van der Waals surface area (Å²) < 4.78 is 0. The minimum atomic E-state index is -0.0683. The van der Waals surface area contributed by atoms with Crippen molar-refractivity contribution in [3.63, 3.8) is 0 Å². The van der Waals surface area contributed by atoms with Crippen LogP contribution in [0.3, 0.4) is 0 Å². The molecule has 1 aromatic heterocycles. The number of nitrogens with zero attached hydrogens (tertiary/aromatic N) is 1. The fraction of sp³-hybridized carbons (Fsp3) is 0.250. The number of carbonyl (C=O) groups is 1. The van der Waals surface area contributed by atoms with E-state index in [4.69, 9.17) is 5.11 Å². The maximum atomic E-state index is 11.5. The van der Waals surface area contributed by atoms with Gasteiger partial charge in [0.15, 0.2) is 0 Å². The molecule has 0 aliphatic heterocycles. The van der Waals surface area contributed by atoms with Crippen LogP contribution in [0.25, 0.3) is 0 Å². The Hall–Kier alpha value is -1.16. The number of aromatic nitrogens is 1. The van der Waals surface area contributed by atoms with Gasteiger partial charge in [0.25, 0.3) is 0 Å². The molecule has 1 aliphatic carbocycles. The van der Waals surface area contributed by atoms with E-state index in [9.17, 15) is 4.79 Å². The Kier molecular flexibility index (Phi) is 1.69. The van der Waals surface area contributed by atoms with E-state index in [0.29, 0.717) is 16.9 Å².